The van der Waals surface area contributed by atoms with E-state index >= 15 is 0 Å². The lowest BCUT2D eigenvalue weighted by Gasteiger charge is -1.99. The second-order valence-electron chi connectivity index (χ2n) is 3.63. The lowest BCUT2D eigenvalue weighted by atomic mass is 10.2. The summed E-state index contributed by atoms with van der Waals surface area (Å²) in [6.07, 6.45) is 0. The number of hydrogen-bond donors (Lipinski definition) is 1. The molecule has 0 bridgehead atoms. The van der Waals surface area contributed by atoms with Crippen molar-refractivity contribution in [1.29, 1.82) is 0 Å². The fraction of sp³-hybridized carbons (Fsp3) is 0. The molecule has 0 aliphatic heterocycles. The first-order chi connectivity index (χ1) is 8.74. The van der Waals surface area contributed by atoms with Crippen molar-refractivity contribution in [3.63, 3.8) is 0 Å². The smallest absolute Gasteiger partial charge is 0.260 e. The SMILES string of the molecule is Nc1cc(F)ccc1-c1nc(-c2cccs2)no1. The van der Waals surface area contributed by atoms with Gasteiger partial charge < -0.3 is 10.3 Å². The summed E-state index contributed by atoms with van der Waals surface area (Å²) in [6.45, 7) is 0. The molecule has 3 rings (SSSR count). The van der Waals surface area contributed by atoms with Gasteiger partial charge in [0.25, 0.3) is 5.89 Å². The Bertz CT molecular complexity index is 678. The van der Waals surface area contributed by atoms with Gasteiger partial charge in [0, 0.05) is 5.69 Å². The number of thiophene rings is 1. The topological polar surface area (TPSA) is 64.9 Å². The molecule has 1 aromatic carbocycles. The third-order valence-electron chi connectivity index (χ3n) is 2.41. The highest BCUT2D eigenvalue weighted by atomic mass is 32.1. The Balaban J connectivity index is 2.03. The molecule has 0 aliphatic carbocycles. The molecule has 0 spiro atoms. The van der Waals surface area contributed by atoms with Crippen LogP contribution in [0.1, 0.15) is 0 Å². The van der Waals surface area contributed by atoms with Crippen LogP contribution >= 0.6 is 11.3 Å². The van der Waals surface area contributed by atoms with E-state index in [0.717, 1.165) is 4.88 Å². The Kier molecular flexibility index (Phi) is 2.56. The van der Waals surface area contributed by atoms with E-state index in [4.69, 9.17) is 10.3 Å². The monoisotopic (exact) mass is 261 g/mol. The van der Waals surface area contributed by atoms with Gasteiger partial charge in [-0.3, -0.25) is 0 Å². The molecular formula is C12H8FN3OS. The van der Waals surface area contributed by atoms with Crippen LogP contribution in [0, 0.1) is 5.82 Å². The van der Waals surface area contributed by atoms with Crippen LogP contribution in [0.25, 0.3) is 22.2 Å². The molecule has 0 atom stereocenters. The average Bonchev–Trinajstić information content (AvgIpc) is 2.99. The van der Waals surface area contributed by atoms with Crippen molar-refractivity contribution < 1.29 is 8.91 Å². The molecule has 18 heavy (non-hydrogen) atoms. The zero-order valence-corrected chi connectivity index (χ0v) is 9.95. The number of anilines is 1. The third-order valence-corrected chi connectivity index (χ3v) is 3.28. The lowest BCUT2D eigenvalue weighted by molar-refractivity contribution is 0.432. The van der Waals surface area contributed by atoms with Gasteiger partial charge in [0.2, 0.25) is 5.82 Å². The number of aromatic nitrogens is 2. The van der Waals surface area contributed by atoms with Crippen molar-refractivity contribution >= 4 is 17.0 Å². The minimum atomic E-state index is -0.394. The predicted octanol–water partition coefficient (Wildman–Crippen LogP) is 3.19. The van der Waals surface area contributed by atoms with Gasteiger partial charge in [0.1, 0.15) is 5.82 Å². The first-order valence-electron chi connectivity index (χ1n) is 5.17. The van der Waals surface area contributed by atoms with Crippen molar-refractivity contribution in [2.75, 3.05) is 5.73 Å². The molecule has 0 amide bonds. The minimum absolute atomic E-state index is 0.274. The maximum Gasteiger partial charge on any atom is 0.260 e. The van der Waals surface area contributed by atoms with E-state index in [1.165, 1.54) is 29.5 Å². The molecule has 90 valence electrons. The van der Waals surface area contributed by atoms with Gasteiger partial charge in [-0.05, 0) is 29.6 Å². The zero-order valence-electron chi connectivity index (χ0n) is 9.13. The average molecular weight is 261 g/mol. The van der Waals surface area contributed by atoms with Crippen LogP contribution in [-0.4, -0.2) is 10.1 Å². The number of benzene rings is 1. The highest BCUT2D eigenvalue weighted by Gasteiger charge is 2.13. The summed E-state index contributed by atoms with van der Waals surface area (Å²) in [5.41, 5.74) is 6.52. The number of nitrogens with two attached hydrogens (primary N) is 1. The largest absolute Gasteiger partial charge is 0.398 e. The van der Waals surface area contributed by atoms with Gasteiger partial charge in [0.15, 0.2) is 0 Å². The van der Waals surface area contributed by atoms with Gasteiger partial charge in [0.05, 0.1) is 10.4 Å². The molecule has 4 nitrogen and oxygen atoms in total. The fourth-order valence-corrected chi connectivity index (χ4v) is 2.22. The van der Waals surface area contributed by atoms with Crippen LogP contribution in [0.3, 0.4) is 0 Å². The van der Waals surface area contributed by atoms with Gasteiger partial charge >= 0.3 is 0 Å². The maximum atomic E-state index is 12.9. The van der Waals surface area contributed by atoms with E-state index in [9.17, 15) is 4.39 Å². The summed E-state index contributed by atoms with van der Waals surface area (Å²) in [6, 6.07) is 7.86. The molecule has 2 heterocycles. The molecule has 2 N–H and O–H groups in total. The summed E-state index contributed by atoms with van der Waals surface area (Å²) in [4.78, 5) is 5.15. The van der Waals surface area contributed by atoms with Crippen molar-refractivity contribution in [2.24, 2.45) is 0 Å². The Hall–Kier alpha value is -2.21. The lowest BCUT2D eigenvalue weighted by Crippen LogP contribution is -1.91. The summed E-state index contributed by atoms with van der Waals surface area (Å²) < 4.78 is 18.1. The van der Waals surface area contributed by atoms with Crippen LogP contribution in [-0.2, 0) is 0 Å². The van der Waals surface area contributed by atoms with E-state index in [2.05, 4.69) is 10.1 Å². The highest BCUT2D eigenvalue weighted by molar-refractivity contribution is 7.13. The Morgan fingerprint density at radius 3 is 2.89 bits per heavy atom. The molecule has 0 saturated carbocycles. The molecule has 0 unspecified atom stereocenters. The Labute approximate surface area is 106 Å². The van der Waals surface area contributed by atoms with Crippen molar-refractivity contribution in [3.8, 4) is 22.2 Å². The minimum Gasteiger partial charge on any atom is -0.398 e. The van der Waals surface area contributed by atoms with Crippen molar-refractivity contribution in [1.82, 2.24) is 10.1 Å². The highest BCUT2D eigenvalue weighted by Crippen LogP contribution is 2.28. The van der Waals surface area contributed by atoms with E-state index in [1.807, 2.05) is 17.5 Å². The molecule has 0 saturated heterocycles. The predicted molar refractivity (Wildman–Crippen MR) is 67.4 cm³/mol. The van der Waals surface area contributed by atoms with E-state index in [-0.39, 0.29) is 11.6 Å². The first kappa shape index (κ1) is 10.9. The summed E-state index contributed by atoms with van der Waals surface area (Å²) >= 11 is 1.51. The molecule has 6 heteroatoms. The van der Waals surface area contributed by atoms with Gasteiger partial charge in [-0.25, -0.2) is 4.39 Å². The van der Waals surface area contributed by atoms with Crippen molar-refractivity contribution in [3.05, 3.63) is 41.5 Å². The fourth-order valence-electron chi connectivity index (χ4n) is 1.57. The second kappa shape index (κ2) is 4.23. The quantitative estimate of drug-likeness (QED) is 0.719. The van der Waals surface area contributed by atoms with Crippen molar-refractivity contribution in [2.45, 2.75) is 0 Å². The molecule has 3 aromatic rings. The van der Waals surface area contributed by atoms with E-state index in [1.54, 1.807) is 0 Å². The van der Waals surface area contributed by atoms with Crippen LogP contribution in [0.2, 0.25) is 0 Å². The second-order valence-corrected chi connectivity index (χ2v) is 4.58. The Morgan fingerprint density at radius 2 is 2.17 bits per heavy atom. The number of rotatable bonds is 2. The van der Waals surface area contributed by atoms with Gasteiger partial charge in [-0.15, -0.1) is 11.3 Å². The maximum absolute atomic E-state index is 12.9. The number of nitrogen functional groups attached to an aromatic ring is 1. The standard InChI is InChI=1S/C12H8FN3OS/c13-7-3-4-8(9(14)6-7)12-15-11(16-17-12)10-2-1-5-18-10/h1-6H,14H2. The van der Waals surface area contributed by atoms with Crippen LogP contribution < -0.4 is 5.73 Å². The van der Waals surface area contributed by atoms with Crippen LogP contribution in [0.4, 0.5) is 10.1 Å². The van der Waals surface area contributed by atoms with E-state index < -0.39 is 5.82 Å². The van der Waals surface area contributed by atoms with Crippen LogP contribution in [0.5, 0.6) is 0 Å². The normalized spacial score (nSPS) is 10.7. The van der Waals surface area contributed by atoms with Crippen LogP contribution in [0.15, 0.2) is 40.2 Å². The molecule has 2 aromatic heterocycles. The Morgan fingerprint density at radius 1 is 1.28 bits per heavy atom. The number of hydrogen-bond acceptors (Lipinski definition) is 5. The summed E-state index contributed by atoms with van der Waals surface area (Å²) in [5.74, 6) is 0.397. The molecular weight excluding hydrogens is 253 g/mol. The van der Waals surface area contributed by atoms with Gasteiger partial charge in [-0.1, -0.05) is 11.2 Å². The summed E-state index contributed by atoms with van der Waals surface area (Å²) in [7, 11) is 0. The first-order valence-corrected chi connectivity index (χ1v) is 6.05. The van der Waals surface area contributed by atoms with Gasteiger partial charge in [-0.2, -0.15) is 4.98 Å². The van der Waals surface area contributed by atoms with E-state index in [0.29, 0.717) is 11.4 Å². The molecule has 0 fully saturated rings. The number of halogens is 1. The molecule has 0 radical (unpaired) electrons. The molecule has 0 aliphatic rings. The third kappa shape index (κ3) is 1.86. The summed E-state index contributed by atoms with van der Waals surface area (Å²) in [5, 5.41) is 5.80. The number of nitrogens with zero attached hydrogens (tertiary/aromatic N) is 2. The zero-order chi connectivity index (χ0) is 12.5.